The molecular formula is C21H21FN4O2S. The van der Waals surface area contributed by atoms with E-state index in [9.17, 15) is 9.18 Å². The van der Waals surface area contributed by atoms with E-state index >= 15 is 0 Å². The summed E-state index contributed by atoms with van der Waals surface area (Å²) in [6.45, 7) is 1.43. The number of hydrogen-bond donors (Lipinski definition) is 2. The number of thiocarbonyl (C=S) groups is 1. The fourth-order valence-electron chi connectivity index (χ4n) is 3.59. The van der Waals surface area contributed by atoms with Gasteiger partial charge in [-0.3, -0.25) is 4.79 Å². The maximum atomic E-state index is 13.3. The molecule has 29 heavy (non-hydrogen) atoms. The number of fused-ring (bicyclic) bond motifs is 1. The van der Waals surface area contributed by atoms with Gasteiger partial charge in [0.05, 0.1) is 12.2 Å². The van der Waals surface area contributed by atoms with Gasteiger partial charge in [-0.05, 0) is 49.3 Å². The van der Waals surface area contributed by atoms with Gasteiger partial charge in [0.2, 0.25) is 5.91 Å². The fourth-order valence-corrected chi connectivity index (χ4v) is 3.78. The van der Waals surface area contributed by atoms with Crippen molar-refractivity contribution < 1.29 is 13.7 Å². The van der Waals surface area contributed by atoms with Crippen LogP contribution in [0.3, 0.4) is 0 Å². The van der Waals surface area contributed by atoms with Gasteiger partial charge in [-0.1, -0.05) is 23.4 Å². The number of carbonyl (C=O) groups excluding carboxylic acids is 1. The number of halogens is 1. The molecule has 0 aliphatic carbocycles. The number of benzene rings is 2. The summed E-state index contributed by atoms with van der Waals surface area (Å²) in [7, 11) is 0. The van der Waals surface area contributed by atoms with Gasteiger partial charge in [0.15, 0.2) is 10.7 Å². The van der Waals surface area contributed by atoms with Crippen LogP contribution in [-0.2, 0) is 4.79 Å². The SMILES string of the molecule is O=C(CNC(=S)Nc1ccccc1)N1CCC(c2noc3cc(F)ccc23)CC1. The number of amides is 1. The lowest BCUT2D eigenvalue weighted by Crippen LogP contribution is -2.44. The number of likely N-dealkylation sites (tertiary alicyclic amines) is 1. The van der Waals surface area contributed by atoms with Gasteiger partial charge in [-0.2, -0.15) is 0 Å². The van der Waals surface area contributed by atoms with E-state index in [0.717, 1.165) is 29.6 Å². The number of para-hydroxylation sites is 1. The van der Waals surface area contributed by atoms with E-state index in [2.05, 4.69) is 15.8 Å². The molecule has 1 saturated heterocycles. The predicted octanol–water partition coefficient (Wildman–Crippen LogP) is 3.66. The van der Waals surface area contributed by atoms with E-state index in [-0.39, 0.29) is 24.2 Å². The first-order valence-corrected chi connectivity index (χ1v) is 9.93. The topological polar surface area (TPSA) is 70.4 Å². The molecule has 6 nitrogen and oxygen atoms in total. The molecule has 2 heterocycles. The first-order valence-electron chi connectivity index (χ1n) is 9.52. The van der Waals surface area contributed by atoms with Crippen molar-refractivity contribution in [3.63, 3.8) is 0 Å². The van der Waals surface area contributed by atoms with Crippen molar-refractivity contribution in [2.24, 2.45) is 0 Å². The molecule has 0 bridgehead atoms. The highest BCUT2D eigenvalue weighted by Crippen LogP contribution is 2.32. The minimum Gasteiger partial charge on any atom is -0.356 e. The molecule has 1 aromatic heterocycles. The predicted molar refractivity (Wildman–Crippen MR) is 113 cm³/mol. The summed E-state index contributed by atoms with van der Waals surface area (Å²) in [5.41, 5.74) is 2.18. The lowest BCUT2D eigenvalue weighted by molar-refractivity contribution is -0.131. The third-order valence-corrected chi connectivity index (χ3v) is 5.37. The second-order valence-corrected chi connectivity index (χ2v) is 7.45. The summed E-state index contributed by atoms with van der Waals surface area (Å²) < 4.78 is 18.6. The maximum Gasteiger partial charge on any atom is 0.241 e. The Morgan fingerprint density at radius 2 is 1.97 bits per heavy atom. The number of aromatic nitrogens is 1. The first kappa shape index (κ1) is 19.3. The van der Waals surface area contributed by atoms with Crippen LogP contribution in [0.1, 0.15) is 24.5 Å². The molecule has 1 fully saturated rings. The van der Waals surface area contributed by atoms with Gasteiger partial charge >= 0.3 is 0 Å². The van der Waals surface area contributed by atoms with Crippen molar-refractivity contribution in [3.05, 3.63) is 60.0 Å². The minimum absolute atomic E-state index is 0.00717. The second-order valence-electron chi connectivity index (χ2n) is 7.04. The van der Waals surface area contributed by atoms with E-state index in [1.54, 1.807) is 6.07 Å². The summed E-state index contributed by atoms with van der Waals surface area (Å²) in [5, 5.41) is 11.4. The molecule has 0 spiro atoms. The van der Waals surface area contributed by atoms with Gasteiger partial charge in [0.25, 0.3) is 0 Å². The third-order valence-electron chi connectivity index (χ3n) is 5.13. The highest BCUT2D eigenvalue weighted by molar-refractivity contribution is 7.80. The maximum absolute atomic E-state index is 13.3. The smallest absolute Gasteiger partial charge is 0.241 e. The summed E-state index contributed by atoms with van der Waals surface area (Å²) >= 11 is 5.24. The molecule has 0 atom stereocenters. The van der Waals surface area contributed by atoms with E-state index < -0.39 is 0 Å². The zero-order valence-corrected chi connectivity index (χ0v) is 16.5. The standard InChI is InChI=1S/C21H21FN4O2S/c22-15-6-7-17-18(12-15)28-25-20(17)14-8-10-26(11-9-14)19(27)13-23-21(29)24-16-4-2-1-3-5-16/h1-7,12,14H,8-11,13H2,(H2,23,24,29). The lowest BCUT2D eigenvalue weighted by Gasteiger charge is -2.31. The van der Waals surface area contributed by atoms with Gasteiger partial charge in [-0.25, -0.2) is 4.39 Å². The average Bonchev–Trinajstić information content (AvgIpc) is 3.16. The number of hydrogen-bond acceptors (Lipinski definition) is 4. The largest absolute Gasteiger partial charge is 0.356 e. The van der Waals surface area contributed by atoms with Crippen LogP contribution in [0.15, 0.2) is 53.1 Å². The number of nitrogens with zero attached hydrogens (tertiary/aromatic N) is 2. The van der Waals surface area contributed by atoms with Crippen LogP contribution in [0.2, 0.25) is 0 Å². The zero-order chi connectivity index (χ0) is 20.2. The van der Waals surface area contributed by atoms with Crippen LogP contribution in [0.5, 0.6) is 0 Å². The molecule has 2 aromatic carbocycles. The van der Waals surface area contributed by atoms with Crippen molar-refractivity contribution in [2.75, 3.05) is 25.0 Å². The van der Waals surface area contributed by atoms with Crippen LogP contribution in [-0.4, -0.2) is 40.7 Å². The molecule has 0 radical (unpaired) electrons. The summed E-state index contributed by atoms with van der Waals surface area (Å²) in [6, 6.07) is 14.0. The Balaban J connectivity index is 1.27. The van der Waals surface area contributed by atoms with Crippen molar-refractivity contribution in [1.82, 2.24) is 15.4 Å². The number of piperidine rings is 1. The van der Waals surface area contributed by atoms with Crippen LogP contribution in [0, 0.1) is 5.82 Å². The molecule has 8 heteroatoms. The number of nitrogens with one attached hydrogen (secondary N) is 2. The molecule has 3 aromatic rings. The quantitative estimate of drug-likeness (QED) is 0.638. The summed E-state index contributed by atoms with van der Waals surface area (Å²) in [6.07, 6.45) is 1.58. The van der Waals surface area contributed by atoms with Crippen LogP contribution >= 0.6 is 12.2 Å². The Hall–Kier alpha value is -3.00. The molecule has 0 unspecified atom stereocenters. The van der Waals surface area contributed by atoms with E-state index in [4.69, 9.17) is 16.7 Å². The Morgan fingerprint density at radius 3 is 2.72 bits per heavy atom. The highest BCUT2D eigenvalue weighted by atomic mass is 32.1. The Bertz CT molecular complexity index is 1020. The number of anilines is 1. The monoisotopic (exact) mass is 412 g/mol. The lowest BCUT2D eigenvalue weighted by atomic mass is 9.91. The van der Waals surface area contributed by atoms with Crippen LogP contribution in [0.4, 0.5) is 10.1 Å². The molecule has 4 rings (SSSR count). The molecule has 0 saturated carbocycles. The van der Waals surface area contributed by atoms with Crippen molar-refractivity contribution in [1.29, 1.82) is 0 Å². The second kappa shape index (κ2) is 8.57. The van der Waals surface area contributed by atoms with Crippen LogP contribution in [0.25, 0.3) is 11.0 Å². The van der Waals surface area contributed by atoms with E-state index in [1.807, 2.05) is 35.2 Å². The third kappa shape index (κ3) is 4.54. The molecular weight excluding hydrogens is 391 g/mol. The highest BCUT2D eigenvalue weighted by Gasteiger charge is 2.27. The minimum atomic E-state index is -0.340. The normalized spacial score (nSPS) is 14.7. The molecule has 150 valence electrons. The Kier molecular flexibility index (Phi) is 5.71. The molecule has 1 amide bonds. The van der Waals surface area contributed by atoms with Gasteiger partial charge in [0, 0.05) is 36.1 Å². The van der Waals surface area contributed by atoms with Crippen molar-refractivity contribution in [3.8, 4) is 0 Å². The average molecular weight is 412 g/mol. The molecule has 2 N–H and O–H groups in total. The van der Waals surface area contributed by atoms with E-state index in [1.165, 1.54) is 12.1 Å². The van der Waals surface area contributed by atoms with Crippen LogP contribution < -0.4 is 10.6 Å². The van der Waals surface area contributed by atoms with Gasteiger partial charge < -0.3 is 20.1 Å². The van der Waals surface area contributed by atoms with Gasteiger partial charge in [0.1, 0.15) is 5.82 Å². The molecule has 1 aliphatic rings. The Morgan fingerprint density at radius 1 is 1.21 bits per heavy atom. The molecule has 1 aliphatic heterocycles. The number of carbonyl (C=O) groups is 1. The van der Waals surface area contributed by atoms with Crippen molar-refractivity contribution in [2.45, 2.75) is 18.8 Å². The first-order chi connectivity index (χ1) is 14.1. The fraction of sp³-hybridized carbons (Fsp3) is 0.286. The zero-order valence-electron chi connectivity index (χ0n) is 15.7. The van der Waals surface area contributed by atoms with E-state index in [0.29, 0.717) is 23.8 Å². The summed E-state index contributed by atoms with van der Waals surface area (Å²) in [4.78, 5) is 14.3. The Labute approximate surface area is 173 Å². The van der Waals surface area contributed by atoms with Gasteiger partial charge in [-0.15, -0.1) is 0 Å². The number of rotatable bonds is 4. The summed E-state index contributed by atoms with van der Waals surface area (Å²) in [5.74, 6) is -0.139. The van der Waals surface area contributed by atoms with Crippen molar-refractivity contribution >= 4 is 39.9 Å².